The molecule has 1 N–H and O–H groups in total. The lowest BCUT2D eigenvalue weighted by atomic mass is 10.0. The number of carbonyl (C=O) groups excluding carboxylic acids is 1. The number of hydrogen-bond donors (Lipinski definition) is 1. The van der Waals surface area contributed by atoms with Gasteiger partial charge in [-0.2, -0.15) is 13.2 Å². The van der Waals surface area contributed by atoms with Gasteiger partial charge >= 0.3 is 6.18 Å². The number of nitrogens with one attached hydrogen (secondary N) is 1. The molecule has 25 heavy (non-hydrogen) atoms. The number of pyridine rings is 1. The van der Waals surface area contributed by atoms with E-state index in [0.717, 1.165) is 23.9 Å². The number of aromatic nitrogens is 1. The van der Waals surface area contributed by atoms with Gasteiger partial charge in [0.05, 0.1) is 11.8 Å². The van der Waals surface area contributed by atoms with Crippen molar-refractivity contribution in [1.82, 2.24) is 10.3 Å². The Hall–Kier alpha value is -3.09. The summed E-state index contributed by atoms with van der Waals surface area (Å²) in [7, 11) is 0. The smallest absolute Gasteiger partial charge is 0.433 e. The lowest BCUT2D eigenvalue weighted by Crippen LogP contribution is -2.29. The molecule has 0 saturated heterocycles. The zero-order valence-electron chi connectivity index (χ0n) is 12.8. The van der Waals surface area contributed by atoms with Crippen LogP contribution in [0.15, 0.2) is 71.5 Å². The minimum atomic E-state index is -4.55. The van der Waals surface area contributed by atoms with E-state index < -0.39 is 23.8 Å². The van der Waals surface area contributed by atoms with Crippen LogP contribution >= 0.6 is 0 Å². The summed E-state index contributed by atoms with van der Waals surface area (Å²) < 4.78 is 43.1. The van der Waals surface area contributed by atoms with Gasteiger partial charge in [-0.25, -0.2) is 0 Å². The van der Waals surface area contributed by atoms with Crippen LogP contribution in [0.5, 0.6) is 0 Å². The molecule has 1 aromatic carbocycles. The van der Waals surface area contributed by atoms with Crippen molar-refractivity contribution in [2.45, 2.75) is 12.2 Å². The van der Waals surface area contributed by atoms with E-state index in [4.69, 9.17) is 4.42 Å². The zero-order valence-corrected chi connectivity index (χ0v) is 12.8. The first kappa shape index (κ1) is 16.8. The topological polar surface area (TPSA) is 55.1 Å². The number of alkyl halides is 3. The second-order valence-electron chi connectivity index (χ2n) is 5.26. The molecule has 0 saturated carbocycles. The summed E-state index contributed by atoms with van der Waals surface area (Å²) in [5, 5.41) is 2.76. The average molecular weight is 346 g/mol. The predicted octanol–water partition coefficient (Wildman–Crippen LogP) is 4.21. The third kappa shape index (κ3) is 3.88. The average Bonchev–Trinajstić information content (AvgIpc) is 3.14. The van der Waals surface area contributed by atoms with Crippen molar-refractivity contribution in [2.75, 3.05) is 0 Å². The number of benzene rings is 1. The molecule has 7 heteroatoms. The highest BCUT2D eigenvalue weighted by Gasteiger charge is 2.32. The first-order valence-corrected chi connectivity index (χ1v) is 7.37. The maximum Gasteiger partial charge on any atom is 0.433 e. The standard InChI is InChI=1S/C18H13F3N2O2/c19-18(20,21)15-9-8-13(11-22-15)17(24)23-16(14-7-4-10-25-14)12-5-2-1-3-6-12/h1-11,16H,(H,23,24). The lowest BCUT2D eigenvalue weighted by Gasteiger charge is -2.17. The van der Waals surface area contributed by atoms with Crippen molar-refractivity contribution < 1.29 is 22.4 Å². The van der Waals surface area contributed by atoms with Crippen LogP contribution in [-0.4, -0.2) is 10.9 Å². The molecule has 2 heterocycles. The second-order valence-corrected chi connectivity index (χ2v) is 5.26. The third-order valence-corrected chi connectivity index (χ3v) is 3.55. The van der Waals surface area contributed by atoms with Crippen molar-refractivity contribution in [2.24, 2.45) is 0 Å². The highest BCUT2D eigenvalue weighted by molar-refractivity contribution is 5.94. The largest absolute Gasteiger partial charge is 0.467 e. The number of halogens is 3. The number of furan rings is 1. The van der Waals surface area contributed by atoms with Gasteiger partial charge in [0.1, 0.15) is 17.5 Å². The van der Waals surface area contributed by atoms with E-state index in [0.29, 0.717) is 5.76 Å². The summed E-state index contributed by atoms with van der Waals surface area (Å²) >= 11 is 0. The van der Waals surface area contributed by atoms with Gasteiger partial charge in [0.2, 0.25) is 0 Å². The van der Waals surface area contributed by atoms with Crippen LogP contribution < -0.4 is 5.32 Å². The number of rotatable bonds is 4. The van der Waals surface area contributed by atoms with E-state index in [1.54, 1.807) is 12.1 Å². The van der Waals surface area contributed by atoms with E-state index in [9.17, 15) is 18.0 Å². The number of amides is 1. The molecule has 4 nitrogen and oxygen atoms in total. The van der Waals surface area contributed by atoms with Gasteiger partial charge in [-0.15, -0.1) is 0 Å². The Morgan fingerprint density at radius 3 is 2.36 bits per heavy atom. The van der Waals surface area contributed by atoms with Crippen LogP contribution in [-0.2, 0) is 6.18 Å². The Labute approximate surface area is 141 Å². The van der Waals surface area contributed by atoms with Gasteiger partial charge in [-0.3, -0.25) is 9.78 Å². The molecule has 1 atom stereocenters. The maximum absolute atomic E-state index is 12.6. The van der Waals surface area contributed by atoms with Crippen LogP contribution in [0.4, 0.5) is 13.2 Å². The van der Waals surface area contributed by atoms with E-state index in [-0.39, 0.29) is 5.56 Å². The minimum absolute atomic E-state index is 0.0282. The van der Waals surface area contributed by atoms with Crippen LogP contribution in [0, 0.1) is 0 Å². The molecule has 0 radical (unpaired) electrons. The molecular weight excluding hydrogens is 333 g/mol. The predicted molar refractivity (Wildman–Crippen MR) is 83.7 cm³/mol. The molecule has 3 rings (SSSR count). The van der Waals surface area contributed by atoms with Gasteiger partial charge in [0.25, 0.3) is 5.91 Å². The minimum Gasteiger partial charge on any atom is -0.467 e. The third-order valence-electron chi connectivity index (χ3n) is 3.55. The van der Waals surface area contributed by atoms with Crippen molar-refractivity contribution in [3.63, 3.8) is 0 Å². The first-order valence-electron chi connectivity index (χ1n) is 7.37. The normalized spacial score (nSPS) is 12.6. The summed E-state index contributed by atoms with van der Waals surface area (Å²) in [4.78, 5) is 15.7. The molecule has 0 aliphatic heterocycles. The van der Waals surface area contributed by atoms with Crippen LogP contribution in [0.1, 0.15) is 33.4 Å². The van der Waals surface area contributed by atoms with Gasteiger partial charge in [0.15, 0.2) is 0 Å². The molecular formula is C18H13F3N2O2. The molecule has 0 aliphatic carbocycles. The summed E-state index contributed by atoms with van der Waals surface area (Å²) in [6.45, 7) is 0. The Morgan fingerprint density at radius 2 is 1.80 bits per heavy atom. The maximum atomic E-state index is 12.6. The van der Waals surface area contributed by atoms with Gasteiger partial charge in [0, 0.05) is 6.20 Å². The molecule has 0 spiro atoms. The summed E-state index contributed by atoms with van der Waals surface area (Å²) in [6.07, 6.45) is -2.16. The number of carbonyl (C=O) groups is 1. The molecule has 3 aromatic rings. The van der Waals surface area contributed by atoms with E-state index in [2.05, 4.69) is 10.3 Å². The fourth-order valence-corrected chi connectivity index (χ4v) is 2.33. The molecule has 2 aromatic heterocycles. The molecule has 0 aliphatic rings. The Bertz CT molecular complexity index is 829. The second kappa shape index (κ2) is 6.80. The Kier molecular flexibility index (Phi) is 4.56. The van der Waals surface area contributed by atoms with Crippen molar-refractivity contribution >= 4 is 5.91 Å². The SMILES string of the molecule is O=C(NC(c1ccccc1)c1ccco1)c1ccc(C(F)(F)F)nc1. The number of nitrogens with zero attached hydrogens (tertiary/aromatic N) is 1. The summed E-state index contributed by atoms with van der Waals surface area (Å²) in [5.74, 6) is -0.0362. The summed E-state index contributed by atoms with van der Waals surface area (Å²) in [5.41, 5.74) is -0.235. The molecule has 0 bridgehead atoms. The molecule has 128 valence electrons. The quantitative estimate of drug-likeness (QED) is 0.770. The zero-order chi connectivity index (χ0) is 17.9. The highest BCUT2D eigenvalue weighted by atomic mass is 19.4. The summed E-state index contributed by atoms with van der Waals surface area (Å²) in [6, 6.07) is 13.8. The van der Waals surface area contributed by atoms with Gasteiger partial charge in [-0.1, -0.05) is 30.3 Å². The van der Waals surface area contributed by atoms with E-state index in [1.807, 2.05) is 30.3 Å². The van der Waals surface area contributed by atoms with Gasteiger partial charge in [-0.05, 0) is 29.8 Å². The van der Waals surface area contributed by atoms with Crippen molar-refractivity contribution in [3.05, 3.63) is 89.6 Å². The highest BCUT2D eigenvalue weighted by Crippen LogP contribution is 2.27. The lowest BCUT2D eigenvalue weighted by molar-refractivity contribution is -0.141. The molecule has 0 fully saturated rings. The number of hydrogen-bond acceptors (Lipinski definition) is 3. The first-order chi connectivity index (χ1) is 11.9. The fraction of sp³-hybridized carbons (Fsp3) is 0.111. The van der Waals surface area contributed by atoms with Crippen molar-refractivity contribution in [1.29, 1.82) is 0 Å². The van der Waals surface area contributed by atoms with Crippen LogP contribution in [0.25, 0.3) is 0 Å². The molecule has 1 unspecified atom stereocenters. The van der Waals surface area contributed by atoms with Crippen molar-refractivity contribution in [3.8, 4) is 0 Å². The Morgan fingerprint density at radius 1 is 1.04 bits per heavy atom. The van der Waals surface area contributed by atoms with Gasteiger partial charge < -0.3 is 9.73 Å². The monoisotopic (exact) mass is 346 g/mol. The van der Waals surface area contributed by atoms with Crippen LogP contribution in [0.2, 0.25) is 0 Å². The van der Waals surface area contributed by atoms with E-state index in [1.165, 1.54) is 6.26 Å². The Balaban J connectivity index is 1.84. The molecule has 1 amide bonds. The fourth-order valence-electron chi connectivity index (χ4n) is 2.33. The van der Waals surface area contributed by atoms with Crippen LogP contribution in [0.3, 0.4) is 0 Å². The van der Waals surface area contributed by atoms with E-state index >= 15 is 0 Å².